The van der Waals surface area contributed by atoms with E-state index in [0.29, 0.717) is 5.56 Å². The number of rotatable bonds is 5. The van der Waals surface area contributed by atoms with Gasteiger partial charge in [-0.1, -0.05) is 48.5 Å². The second-order valence-corrected chi connectivity index (χ2v) is 7.55. The lowest BCUT2D eigenvalue weighted by Crippen LogP contribution is -2.44. The van der Waals surface area contributed by atoms with Crippen molar-refractivity contribution in [2.24, 2.45) is 0 Å². The summed E-state index contributed by atoms with van der Waals surface area (Å²) in [6, 6.07) is 23.4. The molecule has 0 aliphatic carbocycles. The summed E-state index contributed by atoms with van der Waals surface area (Å²) in [4.78, 5) is 4.51. The zero-order valence-electron chi connectivity index (χ0n) is 16.8. The molecule has 0 bridgehead atoms. The number of anilines is 2. The van der Waals surface area contributed by atoms with Crippen LogP contribution in [0.15, 0.2) is 84.9 Å². The van der Waals surface area contributed by atoms with Gasteiger partial charge in [-0.3, -0.25) is 4.98 Å². The highest BCUT2D eigenvalue weighted by atomic mass is 19.4. The van der Waals surface area contributed by atoms with E-state index in [-0.39, 0.29) is 5.56 Å². The molecule has 1 unspecified atom stereocenters. The van der Waals surface area contributed by atoms with E-state index in [0.717, 1.165) is 28.0 Å². The van der Waals surface area contributed by atoms with E-state index in [4.69, 9.17) is 0 Å². The fraction of sp³-hybridized carbons (Fsp3) is 0.160. The second kappa shape index (κ2) is 8.04. The number of halogens is 3. The summed E-state index contributed by atoms with van der Waals surface area (Å²) in [5, 5.41) is 14.8. The summed E-state index contributed by atoms with van der Waals surface area (Å²) in [6.45, 7) is 1.93. The highest BCUT2D eigenvalue weighted by Crippen LogP contribution is 2.41. The number of aryl methyl sites for hydroxylation is 1. The van der Waals surface area contributed by atoms with Gasteiger partial charge in [-0.2, -0.15) is 13.2 Å². The van der Waals surface area contributed by atoms with Crippen LogP contribution in [0.1, 0.15) is 16.8 Å². The molecule has 6 heteroatoms. The van der Waals surface area contributed by atoms with Crippen molar-refractivity contribution in [3.05, 3.63) is 102 Å². The molecule has 0 radical (unpaired) electrons. The number of hydrogen-bond donors (Lipinski definition) is 2. The lowest BCUT2D eigenvalue weighted by molar-refractivity contribution is -0.266. The Morgan fingerprint density at radius 2 is 1.55 bits per heavy atom. The van der Waals surface area contributed by atoms with E-state index in [9.17, 15) is 18.3 Å². The molecule has 4 rings (SSSR count). The predicted octanol–water partition coefficient (Wildman–Crippen LogP) is 6.28. The smallest absolute Gasteiger partial charge is 0.376 e. The standard InChI is InChI=1S/C25H21F3N2O/c1-17-10-15-21-22(29-17)8-5-9-23(21)30-20-13-11-18(12-14-20)16-24(31,25(26,27)28)19-6-3-2-4-7-19/h2-15,30-31H,16H2,1H3. The van der Waals surface area contributed by atoms with Crippen molar-refractivity contribution in [1.29, 1.82) is 0 Å². The first-order chi connectivity index (χ1) is 14.8. The van der Waals surface area contributed by atoms with E-state index >= 15 is 0 Å². The van der Waals surface area contributed by atoms with Crippen LogP contribution >= 0.6 is 0 Å². The van der Waals surface area contributed by atoms with Gasteiger partial charge in [-0.15, -0.1) is 0 Å². The second-order valence-electron chi connectivity index (χ2n) is 7.55. The van der Waals surface area contributed by atoms with Crippen LogP contribution in [0.4, 0.5) is 24.5 Å². The molecule has 0 aliphatic heterocycles. The molecule has 0 saturated carbocycles. The van der Waals surface area contributed by atoms with Crippen molar-refractivity contribution in [3.8, 4) is 0 Å². The molecule has 0 amide bonds. The van der Waals surface area contributed by atoms with Crippen molar-refractivity contribution >= 4 is 22.3 Å². The van der Waals surface area contributed by atoms with Gasteiger partial charge in [0.1, 0.15) is 0 Å². The molecule has 0 saturated heterocycles. The molecular formula is C25H21F3N2O. The maximum atomic E-state index is 13.8. The number of nitrogens with zero attached hydrogens (tertiary/aromatic N) is 1. The largest absolute Gasteiger partial charge is 0.421 e. The Labute approximate surface area is 178 Å². The average molecular weight is 422 g/mol. The third-order valence-electron chi connectivity index (χ3n) is 5.28. The molecule has 3 aromatic carbocycles. The first-order valence-corrected chi connectivity index (χ1v) is 9.83. The predicted molar refractivity (Wildman–Crippen MR) is 116 cm³/mol. The number of aromatic nitrogens is 1. The van der Waals surface area contributed by atoms with Crippen LogP contribution in [0, 0.1) is 6.92 Å². The summed E-state index contributed by atoms with van der Waals surface area (Å²) in [7, 11) is 0. The first kappa shape index (κ1) is 20.9. The number of aliphatic hydroxyl groups is 1. The molecule has 0 aliphatic rings. The third kappa shape index (κ3) is 4.25. The first-order valence-electron chi connectivity index (χ1n) is 9.83. The molecule has 1 aromatic heterocycles. The molecular weight excluding hydrogens is 401 g/mol. The van der Waals surface area contributed by atoms with E-state index < -0.39 is 18.2 Å². The summed E-state index contributed by atoms with van der Waals surface area (Å²) < 4.78 is 41.3. The Bertz CT molecular complexity index is 1190. The Kier molecular flexibility index (Phi) is 5.41. The highest BCUT2D eigenvalue weighted by Gasteiger charge is 2.54. The maximum absolute atomic E-state index is 13.8. The summed E-state index contributed by atoms with van der Waals surface area (Å²) in [5.74, 6) is 0. The van der Waals surface area contributed by atoms with Gasteiger partial charge in [0.15, 0.2) is 5.60 Å². The maximum Gasteiger partial charge on any atom is 0.421 e. The molecule has 1 heterocycles. The van der Waals surface area contributed by atoms with Crippen LogP contribution < -0.4 is 5.32 Å². The minimum Gasteiger partial charge on any atom is -0.376 e. The van der Waals surface area contributed by atoms with Crippen molar-refractivity contribution in [3.63, 3.8) is 0 Å². The number of pyridine rings is 1. The fourth-order valence-corrected chi connectivity index (χ4v) is 3.60. The van der Waals surface area contributed by atoms with Crippen molar-refractivity contribution < 1.29 is 18.3 Å². The van der Waals surface area contributed by atoms with Crippen molar-refractivity contribution in [1.82, 2.24) is 4.98 Å². The van der Waals surface area contributed by atoms with E-state index in [1.54, 1.807) is 30.3 Å². The van der Waals surface area contributed by atoms with E-state index in [1.165, 1.54) is 24.3 Å². The molecule has 31 heavy (non-hydrogen) atoms. The molecule has 0 fully saturated rings. The molecule has 3 nitrogen and oxygen atoms in total. The Hall–Kier alpha value is -3.38. The summed E-state index contributed by atoms with van der Waals surface area (Å²) in [6.07, 6.45) is -5.38. The Morgan fingerprint density at radius 1 is 0.839 bits per heavy atom. The van der Waals surface area contributed by atoms with Gasteiger partial charge in [0.05, 0.1) is 5.52 Å². The lowest BCUT2D eigenvalue weighted by atomic mass is 9.86. The minimum absolute atomic E-state index is 0.178. The van der Waals surface area contributed by atoms with Crippen LogP contribution in [0.25, 0.3) is 10.9 Å². The normalized spacial score (nSPS) is 13.7. The number of fused-ring (bicyclic) bond motifs is 1. The van der Waals surface area contributed by atoms with E-state index in [1.807, 2.05) is 37.3 Å². The zero-order valence-corrected chi connectivity index (χ0v) is 16.8. The summed E-state index contributed by atoms with van der Waals surface area (Å²) in [5.41, 5.74) is 0.612. The highest BCUT2D eigenvalue weighted by molar-refractivity contribution is 5.93. The Balaban J connectivity index is 1.59. The van der Waals surface area contributed by atoms with Gasteiger partial charge in [0.2, 0.25) is 0 Å². The van der Waals surface area contributed by atoms with Crippen molar-refractivity contribution in [2.45, 2.75) is 25.1 Å². The van der Waals surface area contributed by atoms with Gasteiger partial charge in [-0.25, -0.2) is 0 Å². The molecule has 1 atom stereocenters. The van der Waals surface area contributed by atoms with Crippen LogP contribution in [0.2, 0.25) is 0 Å². The monoisotopic (exact) mass is 422 g/mol. The van der Waals surface area contributed by atoms with E-state index in [2.05, 4.69) is 10.3 Å². The molecule has 158 valence electrons. The van der Waals surface area contributed by atoms with Gasteiger partial charge >= 0.3 is 6.18 Å². The van der Waals surface area contributed by atoms with Gasteiger partial charge < -0.3 is 10.4 Å². The molecule has 2 N–H and O–H groups in total. The number of alkyl halides is 3. The molecule has 4 aromatic rings. The SMILES string of the molecule is Cc1ccc2c(Nc3ccc(CC(O)(c4ccccc4)C(F)(F)F)cc3)cccc2n1. The number of nitrogens with one attached hydrogen (secondary N) is 1. The Morgan fingerprint density at radius 3 is 2.23 bits per heavy atom. The van der Waals surface area contributed by atoms with Crippen LogP contribution in [-0.2, 0) is 12.0 Å². The number of benzene rings is 3. The van der Waals surface area contributed by atoms with Gasteiger partial charge in [0.25, 0.3) is 0 Å². The third-order valence-corrected chi connectivity index (χ3v) is 5.28. The fourth-order valence-electron chi connectivity index (χ4n) is 3.60. The van der Waals surface area contributed by atoms with Gasteiger partial charge in [0, 0.05) is 28.9 Å². The average Bonchev–Trinajstić information content (AvgIpc) is 2.75. The summed E-state index contributed by atoms with van der Waals surface area (Å²) >= 11 is 0. The molecule has 0 spiro atoms. The quantitative estimate of drug-likeness (QED) is 0.398. The minimum atomic E-state index is -4.81. The number of hydrogen-bond acceptors (Lipinski definition) is 3. The zero-order chi connectivity index (χ0) is 22.1. The topological polar surface area (TPSA) is 45.1 Å². The van der Waals surface area contributed by atoms with Gasteiger partial charge in [-0.05, 0) is 54.4 Å². The van der Waals surface area contributed by atoms with Crippen LogP contribution in [0.3, 0.4) is 0 Å². The lowest BCUT2D eigenvalue weighted by Gasteiger charge is -2.31. The van der Waals surface area contributed by atoms with Crippen LogP contribution in [-0.4, -0.2) is 16.3 Å². The van der Waals surface area contributed by atoms with Crippen molar-refractivity contribution in [2.75, 3.05) is 5.32 Å². The van der Waals surface area contributed by atoms with Crippen LogP contribution in [0.5, 0.6) is 0 Å².